The molecule has 24 heavy (non-hydrogen) atoms. The molecule has 2 aromatic rings. The van der Waals surface area contributed by atoms with Crippen LogP contribution in [0.2, 0.25) is 0 Å². The van der Waals surface area contributed by atoms with Gasteiger partial charge in [0.1, 0.15) is 11.6 Å². The molecule has 2 heterocycles. The van der Waals surface area contributed by atoms with Gasteiger partial charge in [0, 0.05) is 19.0 Å². The topological polar surface area (TPSA) is 51.0 Å². The van der Waals surface area contributed by atoms with Crippen molar-refractivity contribution in [1.82, 2.24) is 19.7 Å². The van der Waals surface area contributed by atoms with E-state index >= 15 is 0 Å². The Morgan fingerprint density at radius 3 is 2.50 bits per heavy atom. The summed E-state index contributed by atoms with van der Waals surface area (Å²) in [6.45, 7) is 6.11. The average Bonchev–Trinajstić information content (AvgIpc) is 3.27. The lowest BCUT2D eigenvalue weighted by molar-refractivity contribution is -0.135. The molecule has 6 heteroatoms. The first kappa shape index (κ1) is 15.3. The SMILES string of the molecule is CC(C)c1nnc2n1CCN(C(=O)C1(c3ccc(F)cc3)CC1)C2. The highest BCUT2D eigenvalue weighted by atomic mass is 19.1. The monoisotopic (exact) mass is 328 g/mol. The van der Waals surface area contributed by atoms with E-state index in [1.54, 1.807) is 12.1 Å². The molecule has 1 amide bonds. The Bertz CT molecular complexity index is 777. The predicted molar refractivity (Wildman–Crippen MR) is 86.8 cm³/mol. The van der Waals surface area contributed by atoms with E-state index < -0.39 is 5.41 Å². The van der Waals surface area contributed by atoms with Gasteiger partial charge in [-0.15, -0.1) is 10.2 Å². The number of benzene rings is 1. The molecule has 1 fully saturated rings. The van der Waals surface area contributed by atoms with Crippen LogP contribution in [0.5, 0.6) is 0 Å². The molecular formula is C18H21FN4O. The Balaban J connectivity index is 1.56. The molecule has 0 spiro atoms. The van der Waals surface area contributed by atoms with Crippen molar-refractivity contribution >= 4 is 5.91 Å². The van der Waals surface area contributed by atoms with E-state index in [9.17, 15) is 9.18 Å². The molecule has 5 nitrogen and oxygen atoms in total. The molecule has 1 aliphatic heterocycles. The fourth-order valence-electron chi connectivity index (χ4n) is 3.60. The van der Waals surface area contributed by atoms with Crippen LogP contribution >= 0.6 is 0 Å². The van der Waals surface area contributed by atoms with Gasteiger partial charge in [-0.2, -0.15) is 0 Å². The standard InChI is InChI=1S/C18H21FN4O/c1-12(2)16-21-20-15-11-22(9-10-23(15)16)17(24)18(7-8-18)13-3-5-14(19)6-4-13/h3-6,12H,7-11H2,1-2H3. The fraction of sp³-hybridized carbons (Fsp3) is 0.500. The van der Waals surface area contributed by atoms with Gasteiger partial charge in [-0.25, -0.2) is 4.39 Å². The van der Waals surface area contributed by atoms with Gasteiger partial charge in [0.05, 0.1) is 12.0 Å². The van der Waals surface area contributed by atoms with Gasteiger partial charge in [0.15, 0.2) is 5.82 Å². The highest BCUT2D eigenvalue weighted by molar-refractivity contribution is 5.91. The maximum atomic E-state index is 13.2. The second kappa shape index (κ2) is 5.40. The summed E-state index contributed by atoms with van der Waals surface area (Å²) in [5, 5.41) is 8.54. The lowest BCUT2D eigenvalue weighted by Gasteiger charge is -2.31. The minimum Gasteiger partial charge on any atom is -0.333 e. The van der Waals surface area contributed by atoms with Gasteiger partial charge >= 0.3 is 0 Å². The highest BCUT2D eigenvalue weighted by Crippen LogP contribution is 2.50. The van der Waals surface area contributed by atoms with Gasteiger partial charge in [-0.05, 0) is 30.5 Å². The van der Waals surface area contributed by atoms with Crippen molar-refractivity contribution in [2.45, 2.75) is 51.1 Å². The van der Waals surface area contributed by atoms with Crippen molar-refractivity contribution in [1.29, 1.82) is 0 Å². The molecule has 1 aromatic carbocycles. The van der Waals surface area contributed by atoms with Crippen LogP contribution in [0.15, 0.2) is 24.3 Å². The van der Waals surface area contributed by atoms with Crippen molar-refractivity contribution in [3.8, 4) is 0 Å². The molecule has 1 aliphatic carbocycles. The third-order valence-electron chi connectivity index (χ3n) is 5.14. The Labute approximate surface area is 140 Å². The van der Waals surface area contributed by atoms with Gasteiger partial charge in [-0.1, -0.05) is 26.0 Å². The van der Waals surface area contributed by atoms with Crippen molar-refractivity contribution in [2.75, 3.05) is 6.54 Å². The number of carbonyl (C=O) groups is 1. The maximum absolute atomic E-state index is 13.2. The molecule has 1 aromatic heterocycles. The number of fused-ring (bicyclic) bond motifs is 1. The zero-order chi connectivity index (χ0) is 16.9. The summed E-state index contributed by atoms with van der Waals surface area (Å²) in [5.41, 5.74) is 0.459. The molecule has 0 saturated heterocycles. The molecule has 2 aliphatic rings. The van der Waals surface area contributed by atoms with E-state index in [-0.39, 0.29) is 11.7 Å². The van der Waals surface area contributed by atoms with Gasteiger partial charge < -0.3 is 9.47 Å². The molecular weight excluding hydrogens is 307 g/mol. The van der Waals surface area contributed by atoms with E-state index in [2.05, 4.69) is 28.6 Å². The number of aromatic nitrogens is 3. The largest absolute Gasteiger partial charge is 0.333 e. The van der Waals surface area contributed by atoms with E-state index in [1.807, 2.05) is 4.90 Å². The zero-order valence-corrected chi connectivity index (χ0v) is 14.0. The average molecular weight is 328 g/mol. The number of nitrogens with zero attached hydrogens (tertiary/aromatic N) is 4. The highest BCUT2D eigenvalue weighted by Gasteiger charge is 2.53. The van der Waals surface area contributed by atoms with Crippen LogP contribution in [0.25, 0.3) is 0 Å². The lowest BCUT2D eigenvalue weighted by atomic mass is 9.94. The van der Waals surface area contributed by atoms with Crippen LogP contribution in [-0.4, -0.2) is 32.1 Å². The second-order valence-corrected chi connectivity index (χ2v) is 7.10. The summed E-state index contributed by atoms with van der Waals surface area (Å²) in [6.07, 6.45) is 1.66. The molecule has 0 atom stereocenters. The van der Waals surface area contributed by atoms with E-state index in [4.69, 9.17) is 0 Å². The van der Waals surface area contributed by atoms with Crippen LogP contribution in [0.4, 0.5) is 4.39 Å². The molecule has 1 saturated carbocycles. The number of rotatable bonds is 3. The van der Waals surface area contributed by atoms with Gasteiger partial charge in [-0.3, -0.25) is 4.79 Å². The summed E-state index contributed by atoms with van der Waals surface area (Å²) < 4.78 is 15.3. The summed E-state index contributed by atoms with van der Waals surface area (Å²) in [7, 11) is 0. The third kappa shape index (κ3) is 2.32. The molecule has 0 bridgehead atoms. The second-order valence-electron chi connectivity index (χ2n) is 7.10. The first-order chi connectivity index (χ1) is 11.5. The summed E-state index contributed by atoms with van der Waals surface area (Å²) >= 11 is 0. The summed E-state index contributed by atoms with van der Waals surface area (Å²) in [6, 6.07) is 6.35. The fourth-order valence-corrected chi connectivity index (χ4v) is 3.60. The van der Waals surface area contributed by atoms with Crippen molar-refractivity contribution in [3.05, 3.63) is 47.3 Å². The Hall–Kier alpha value is -2.24. The van der Waals surface area contributed by atoms with Crippen LogP contribution < -0.4 is 0 Å². The Morgan fingerprint density at radius 2 is 1.88 bits per heavy atom. The van der Waals surface area contributed by atoms with Crippen molar-refractivity contribution in [2.24, 2.45) is 0 Å². The number of carbonyl (C=O) groups excluding carboxylic acids is 1. The third-order valence-corrected chi connectivity index (χ3v) is 5.14. The van der Waals surface area contributed by atoms with E-state index in [1.165, 1.54) is 12.1 Å². The van der Waals surface area contributed by atoms with Gasteiger partial charge in [0.25, 0.3) is 0 Å². The van der Waals surface area contributed by atoms with Crippen LogP contribution in [0.1, 0.15) is 49.8 Å². The molecule has 0 unspecified atom stereocenters. The molecule has 126 valence electrons. The van der Waals surface area contributed by atoms with Crippen LogP contribution in [-0.2, 0) is 23.3 Å². The minimum absolute atomic E-state index is 0.134. The zero-order valence-electron chi connectivity index (χ0n) is 14.0. The number of hydrogen-bond donors (Lipinski definition) is 0. The summed E-state index contributed by atoms with van der Waals surface area (Å²) in [5.74, 6) is 2.02. The first-order valence-electron chi connectivity index (χ1n) is 8.49. The maximum Gasteiger partial charge on any atom is 0.233 e. The minimum atomic E-state index is -0.462. The molecule has 0 radical (unpaired) electrons. The number of amides is 1. The Morgan fingerprint density at radius 1 is 1.17 bits per heavy atom. The summed E-state index contributed by atoms with van der Waals surface area (Å²) in [4.78, 5) is 15.0. The van der Waals surface area contributed by atoms with Crippen LogP contribution in [0, 0.1) is 5.82 Å². The smallest absolute Gasteiger partial charge is 0.233 e. The lowest BCUT2D eigenvalue weighted by Crippen LogP contribution is -2.44. The van der Waals surface area contributed by atoms with Crippen LogP contribution in [0.3, 0.4) is 0 Å². The quantitative estimate of drug-likeness (QED) is 0.870. The van der Waals surface area contributed by atoms with E-state index in [0.29, 0.717) is 19.0 Å². The number of halogens is 1. The Kier molecular flexibility index (Phi) is 3.44. The predicted octanol–water partition coefficient (Wildman–Crippen LogP) is 2.61. The molecule has 4 rings (SSSR count). The number of hydrogen-bond acceptors (Lipinski definition) is 3. The molecule has 0 N–H and O–H groups in total. The van der Waals surface area contributed by atoms with Gasteiger partial charge in [0.2, 0.25) is 5.91 Å². The van der Waals surface area contributed by atoms with E-state index in [0.717, 1.165) is 36.6 Å². The normalized spacial score (nSPS) is 18.6. The van der Waals surface area contributed by atoms with Crippen molar-refractivity contribution in [3.63, 3.8) is 0 Å². The van der Waals surface area contributed by atoms with Crippen molar-refractivity contribution < 1.29 is 9.18 Å². The first-order valence-corrected chi connectivity index (χ1v) is 8.49.